The molecule has 0 aliphatic carbocycles. The Hall–Kier alpha value is -2.02. The van der Waals surface area contributed by atoms with E-state index >= 15 is 0 Å². The predicted molar refractivity (Wildman–Crippen MR) is 100 cm³/mol. The Morgan fingerprint density at radius 3 is 3.00 bits per heavy atom. The van der Waals surface area contributed by atoms with Crippen LogP contribution in [0.2, 0.25) is 5.15 Å². The number of amides is 1. The molecule has 25 heavy (non-hydrogen) atoms. The first-order chi connectivity index (χ1) is 12.2. The van der Waals surface area contributed by atoms with Crippen LogP contribution in [-0.2, 0) is 9.53 Å². The van der Waals surface area contributed by atoms with Crippen molar-refractivity contribution in [3.63, 3.8) is 0 Å². The summed E-state index contributed by atoms with van der Waals surface area (Å²) < 4.78 is 5.37. The standard InChI is InChI=1S/C18H16ClN3O2S/c19-16-7-14-6-11(3-4-12(14)8-20-16)15-9-21-18(25-15)22-17(23)13-2-1-5-24-10-13/h3-4,6-9,13H,1-2,5,10H2,(H,21,22,23)/t13-/m0/s1. The zero-order valence-electron chi connectivity index (χ0n) is 13.4. The lowest BCUT2D eigenvalue weighted by Gasteiger charge is -2.20. The molecular weight excluding hydrogens is 358 g/mol. The largest absolute Gasteiger partial charge is 0.381 e. The molecular formula is C18H16ClN3O2S. The molecule has 1 N–H and O–H groups in total. The summed E-state index contributed by atoms with van der Waals surface area (Å²) in [5, 5.41) is 6.04. The van der Waals surface area contributed by atoms with Gasteiger partial charge in [0.2, 0.25) is 5.91 Å². The van der Waals surface area contributed by atoms with Crippen LogP contribution in [0.5, 0.6) is 0 Å². The number of fused-ring (bicyclic) bond motifs is 1. The van der Waals surface area contributed by atoms with E-state index in [2.05, 4.69) is 21.4 Å². The Balaban J connectivity index is 1.53. The SMILES string of the molecule is O=C(Nc1ncc(-c2ccc3cnc(Cl)cc3c2)s1)[C@H]1CCCOC1. The van der Waals surface area contributed by atoms with Crippen LogP contribution in [0.1, 0.15) is 12.8 Å². The quantitative estimate of drug-likeness (QED) is 0.692. The average molecular weight is 374 g/mol. The van der Waals surface area contributed by atoms with Crippen molar-refractivity contribution in [2.45, 2.75) is 12.8 Å². The summed E-state index contributed by atoms with van der Waals surface area (Å²) in [6.07, 6.45) is 5.33. The highest BCUT2D eigenvalue weighted by Crippen LogP contribution is 2.32. The van der Waals surface area contributed by atoms with Gasteiger partial charge in [-0.3, -0.25) is 4.79 Å². The van der Waals surface area contributed by atoms with Gasteiger partial charge in [-0.05, 0) is 35.9 Å². The van der Waals surface area contributed by atoms with Gasteiger partial charge in [-0.15, -0.1) is 0 Å². The molecule has 1 aliphatic heterocycles. The zero-order chi connectivity index (χ0) is 17.2. The number of pyridine rings is 1. The normalized spacial score (nSPS) is 17.6. The van der Waals surface area contributed by atoms with E-state index in [-0.39, 0.29) is 11.8 Å². The van der Waals surface area contributed by atoms with Crippen LogP contribution in [0.3, 0.4) is 0 Å². The van der Waals surface area contributed by atoms with Crippen LogP contribution < -0.4 is 5.32 Å². The van der Waals surface area contributed by atoms with Gasteiger partial charge in [0.05, 0.1) is 17.4 Å². The van der Waals surface area contributed by atoms with Crippen molar-refractivity contribution in [3.8, 4) is 10.4 Å². The fraction of sp³-hybridized carbons (Fsp3) is 0.278. The predicted octanol–water partition coefficient (Wildman–Crippen LogP) is 4.38. The molecule has 1 aliphatic rings. The van der Waals surface area contributed by atoms with Gasteiger partial charge >= 0.3 is 0 Å². The van der Waals surface area contributed by atoms with E-state index in [0.29, 0.717) is 16.9 Å². The van der Waals surface area contributed by atoms with Gasteiger partial charge < -0.3 is 10.1 Å². The summed E-state index contributed by atoms with van der Waals surface area (Å²) in [4.78, 5) is 21.7. The van der Waals surface area contributed by atoms with Crippen LogP contribution in [0.15, 0.2) is 36.7 Å². The number of nitrogens with zero attached hydrogens (tertiary/aromatic N) is 2. The first-order valence-electron chi connectivity index (χ1n) is 8.09. The molecule has 1 aromatic carbocycles. The van der Waals surface area contributed by atoms with E-state index in [1.165, 1.54) is 11.3 Å². The fourth-order valence-electron chi connectivity index (χ4n) is 2.89. The minimum Gasteiger partial charge on any atom is -0.381 e. The Bertz CT molecular complexity index is 922. The van der Waals surface area contributed by atoms with Gasteiger partial charge in [0, 0.05) is 24.4 Å². The highest BCUT2D eigenvalue weighted by Gasteiger charge is 2.22. The average Bonchev–Trinajstić information content (AvgIpc) is 3.10. The smallest absolute Gasteiger partial charge is 0.231 e. The highest BCUT2D eigenvalue weighted by molar-refractivity contribution is 7.19. The number of aromatic nitrogens is 2. The van der Waals surface area contributed by atoms with E-state index in [1.54, 1.807) is 12.4 Å². The van der Waals surface area contributed by atoms with Crippen molar-refractivity contribution >= 4 is 44.7 Å². The van der Waals surface area contributed by atoms with Crippen LogP contribution in [0.4, 0.5) is 5.13 Å². The number of ether oxygens (including phenoxy) is 1. The second-order valence-corrected chi connectivity index (χ2v) is 7.42. The zero-order valence-corrected chi connectivity index (χ0v) is 14.9. The highest BCUT2D eigenvalue weighted by atomic mass is 35.5. The maximum atomic E-state index is 12.3. The Kier molecular flexibility index (Phi) is 4.65. The maximum Gasteiger partial charge on any atom is 0.231 e. The molecule has 1 amide bonds. The third-order valence-electron chi connectivity index (χ3n) is 4.24. The van der Waals surface area contributed by atoms with E-state index in [1.807, 2.05) is 18.2 Å². The van der Waals surface area contributed by atoms with Gasteiger partial charge in [-0.1, -0.05) is 35.1 Å². The second kappa shape index (κ2) is 7.07. The van der Waals surface area contributed by atoms with Crippen LogP contribution in [-0.4, -0.2) is 29.1 Å². The van der Waals surface area contributed by atoms with Crippen molar-refractivity contribution in [2.75, 3.05) is 18.5 Å². The Morgan fingerprint density at radius 2 is 2.16 bits per heavy atom. The monoisotopic (exact) mass is 373 g/mol. The summed E-state index contributed by atoms with van der Waals surface area (Å²) in [6.45, 7) is 1.23. The van der Waals surface area contributed by atoms with Crippen molar-refractivity contribution in [3.05, 3.63) is 41.8 Å². The van der Waals surface area contributed by atoms with Crippen molar-refractivity contribution in [2.24, 2.45) is 5.92 Å². The molecule has 0 radical (unpaired) electrons. The molecule has 1 fully saturated rings. The number of hydrogen-bond donors (Lipinski definition) is 1. The van der Waals surface area contributed by atoms with Gasteiger partial charge in [-0.2, -0.15) is 0 Å². The molecule has 1 atom stereocenters. The van der Waals surface area contributed by atoms with E-state index in [0.717, 1.165) is 40.7 Å². The molecule has 3 heterocycles. The number of hydrogen-bond acceptors (Lipinski definition) is 5. The lowest BCUT2D eigenvalue weighted by molar-refractivity contribution is -0.123. The van der Waals surface area contributed by atoms with Gasteiger partial charge in [-0.25, -0.2) is 9.97 Å². The van der Waals surface area contributed by atoms with Crippen LogP contribution in [0, 0.1) is 5.92 Å². The summed E-state index contributed by atoms with van der Waals surface area (Å²) >= 11 is 7.43. The van der Waals surface area contributed by atoms with Crippen molar-refractivity contribution in [1.29, 1.82) is 0 Å². The number of halogens is 1. The number of anilines is 1. The molecule has 4 rings (SSSR count). The molecule has 1 saturated heterocycles. The number of nitrogens with one attached hydrogen (secondary N) is 1. The van der Waals surface area contributed by atoms with Gasteiger partial charge in [0.1, 0.15) is 5.15 Å². The molecule has 0 spiro atoms. The molecule has 2 aromatic heterocycles. The first-order valence-corrected chi connectivity index (χ1v) is 9.28. The first kappa shape index (κ1) is 16.4. The Labute approximate surface area is 154 Å². The summed E-state index contributed by atoms with van der Waals surface area (Å²) in [7, 11) is 0. The van der Waals surface area contributed by atoms with Crippen LogP contribution >= 0.6 is 22.9 Å². The second-order valence-electron chi connectivity index (χ2n) is 6.00. The van der Waals surface area contributed by atoms with Crippen LogP contribution in [0.25, 0.3) is 21.2 Å². The molecule has 5 nitrogen and oxygen atoms in total. The van der Waals surface area contributed by atoms with Crippen molar-refractivity contribution in [1.82, 2.24) is 9.97 Å². The van der Waals surface area contributed by atoms with E-state index < -0.39 is 0 Å². The molecule has 0 unspecified atom stereocenters. The third-order valence-corrected chi connectivity index (χ3v) is 5.41. The topological polar surface area (TPSA) is 64.1 Å². The summed E-state index contributed by atoms with van der Waals surface area (Å²) in [6, 6.07) is 7.92. The number of rotatable bonds is 3. The Morgan fingerprint density at radius 1 is 1.24 bits per heavy atom. The fourth-order valence-corrected chi connectivity index (χ4v) is 3.87. The molecule has 128 valence electrons. The number of thiazole rings is 1. The summed E-state index contributed by atoms with van der Waals surface area (Å²) in [5.41, 5.74) is 1.04. The van der Waals surface area contributed by atoms with E-state index in [9.17, 15) is 4.79 Å². The molecule has 3 aromatic rings. The maximum absolute atomic E-state index is 12.3. The van der Waals surface area contributed by atoms with Crippen molar-refractivity contribution < 1.29 is 9.53 Å². The lowest BCUT2D eigenvalue weighted by atomic mass is 10.0. The number of carbonyl (C=O) groups is 1. The molecule has 7 heteroatoms. The van der Waals surface area contributed by atoms with Gasteiger partial charge in [0.25, 0.3) is 0 Å². The van der Waals surface area contributed by atoms with Gasteiger partial charge in [0.15, 0.2) is 5.13 Å². The lowest BCUT2D eigenvalue weighted by Crippen LogP contribution is -2.30. The number of benzene rings is 1. The molecule has 0 saturated carbocycles. The molecule has 0 bridgehead atoms. The summed E-state index contributed by atoms with van der Waals surface area (Å²) in [5.74, 6) is -0.103. The third kappa shape index (κ3) is 3.66. The number of carbonyl (C=O) groups excluding carboxylic acids is 1. The minimum atomic E-state index is -0.0867. The van der Waals surface area contributed by atoms with E-state index in [4.69, 9.17) is 16.3 Å². The minimum absolute atomic E-state index is 0.0167.